The monoisotopic (exact) mass is 354 g/mol. The molecule has 1 aliphatic heterocycles. The van der Waals surface area contributed by atoms with Crippen molar-refractivity contribution in [2.75, 3.05) is 30.0 Å². The maximum atomic E-state index is 12.5. The Hall–Kier alpha value is -3.35. The number of hydrogen-bond acceptors (Lipinski definition) is 5. The topological polar surface area (TPSA) is 84.9 Å². The van der Waals surface area contributed by atoms with Crippen LogP contribution in [0.5, 0.6) is 11.5 Å². The van der Waals surface area contributed by atoms with Crippen LogP contribution in [0.4, 0.5) is 11.4 Å². The van der Waals surface area contributed by atoms with Crippen molar-refractivity contribution < 1.29 is 23.9 Å². The third-order valence-electron chi connectivity index (χ3n) is 3.82. The van der Waals surface area contributed by atoms with E-state index in [2.05, 4.69) is 5.32 Å². The molecule has 0 unspecified atom stereocenters. The Morgan fingerprint density at radius 3 is 2.88 bits per heavy atom. The van der Waals surface area contributed by atoms with Crippen molar-refractivity contribution in [3.8, 4) is 11.5 Å². The maximum absolute atomic E-state index is 12.5. The molecule has 0 bridgehead atoms. The van der Waals surface area contributed by atoms with E-state index < -0.39 is 0 Å². The Kier molecular flexibility index (Phi) is 5.17. The second kappa shape index (κ2) is 7.69. The summed E-state index contributed by atoms with van der Waals surface area (Å²) in [6.45, 7) is 1.97. The zero-order valence-corrected chi connectivity index (χ0v) is 14.2. The molecule has 134 valence electrons. The lowest BCUT2D eigenvalue weighted by atomic mass is 10.1. The fourth-order valence-electron chi connectivity index (χ4n) is 2.65. The number of ether oxygens (including phenoxy) is 2. The Morgan fingerprint density at radius 2 is 2.12 bits per heavy atom. The van der Waals surface area contributed by atoms with Crippen molar-refractivity contribution >= 4 is 29.5 Å². The Balaban J connectivity index is 1.80. The number of anilines is 2. The van der Waals surface area contributed by atoms with E-state index in [9.17, 15) is 14.4 Å². The summed E-state index contributed by atoms with van der Waals surface area (Å²) in [7, 11) is 0. The first-order valence-electron chi connectivity index (χ1n) is 8.16. The molecule has 0 aliphatic carbocycles. The molecule has 7 nitrogen and oxygen atoms in total. The van der Waals surface area contributed by atoms with Crippen molar-refractivity contribution in [2.45, 2.75) is 6.92 Å². The van der Waals surface area contributed by atoms with Crippen LogP contribution in [-0.4, -0.2) is 37.9 Å². The number of aldehydes is 1. The number of carbonyl (C=O) groups excluding carboxylic acids is 3. The third kappa shape index (κ3) is 3.66. The van der Waals surface area contributed by atoms with E-state index >= 15 is 0 Å². The predicted octanol–water partition coefficient (Wildman–Crippen LogP) is 2.26. The molecule has 7 heteroatoms. The van der Waals surface area contributed by atoms with Crippen LogP contribution in [0.3, 0.4) is 0 Å². The molecule has 2 aromatic rings. The molecule has 2 amide bonds. The first-order chi connectivity index (χ1) is 12.6. The van der Waals surface area contributed by atoms with Gasteiger partial charge >= 0.3 is 0 Å². The van der Waals surface area contributed by atoms with Gasteiger partial charge in [0.15, 0.2) is 6.61 Å². The lowest BCUT2D eigenvalue weighted by Gasteiger charge is -2.29. The molecule has 26 heavy (non-hydrogen) atoms. The third-order valence-corrected chi connectivity index (χ3v) is 3.82. The molecule has 0 saturated carbocycles. The van der Waals surface area contributed by atoms with Gasteiger partial charge in [0.1, 0.15) is 24.3 Å². The number of amides is 2. The highest BCUT2D eigenvalue weighted by atomic mass is 16.5. The number of nitrogens with zero attached hydrogens (tertiary/aromatic N) is 1. The molecule has 1 N–H and O–H groups in total. The smallest absolute Gasteiger partial charge is 0.265 e. The number of carbonyl (C=O) groups is 3. The van der Waals surface area contributed by atoms with Crippen molar-refractivity contribution in [1.29, 1.82) is 0 Å². The number of hydrogen-bond donors (Lipinski definition) is 1. The zero-order valence-electron chi connectivity index (χ0n) is 14.2. The van der Waals surface area contributed by atoms with Gasteiger partial charge in [-0.15, -0.1) is 0 Å². The molecule has 0 fully saturated rings. The Labute approximate surface area is 150 Å². The fraction of sp³-hybridized carbons (Fsp3) is 0.211. The minimum Gasteiger partial charge on any atom is -0.492 e. The summed E-state index contributed by atoms with van der Waals surface area (Å²) in [6, 6.07) is 11.8. The van der Waals surface area contributed by atoms with Crippen LogP contribution >= 0.6 is 0 Å². The number of para-hydroxylation sites is 2. The highest BCUT2D eigenvalue weighted by molar-refractivity contribution is 6.05. The van der Waals surface area contributed by atoms with Gasteiger partial charge in [-0.2, -0.15) is 0 Å². The summed E-state index contributed by atoms with van der Waals surface area (Å²) in [4.78, 5) is 37.0. The van der Waals surface area contributed by atoms with E-state index in [1.807, 2.05) is 13.0 Å². The standard InChI is InChI=1S/C19H18N2O5/c1-2-25-16-6-4-3-5-14(16)20-18(23)10-21-15-9-13(11-22)7-8-17(15)26-12-19(21)24/h3-9,11H,2,10,12H2,1H3,(H,20,23). The molecule has 0 radical (unpaired) electrons. The number of rotatable bonds is 6. The molecular weight excluding hydrogens is 336 g/mol. The van der Waals surface area contributed by atoms with Gasteiger partial charge in [0.2, 0.25) is 5.91 Å². The van der Waals surface area contributed by atoms with Crippen LogP contribution in [0.15, 0.2) is 42.5 Å². The van der Waals surface area contributed by atoms with Gasteiger partial charge in [0.25, 0.3) is 5.91 Å². The van der Waals surface area contributed by atoms with E-state index in [-0.39, 0.29) is 25.0 Å². The van der Waals surface area contributed by atoms with Crippen molar-refractivity contribution in [3.05, 3.63) is 48.0 Å². The highest BCUT2D eigenvalue weighted by Gasteiger charge is 2.27. The first-order valence-corrected chi connectivity index (χ1v) is 8.16. The minimum absolute atomic E-state index is 0.156. The molecule has 3 rings (SSSR count). The SMILES string of the molecule is CCOc1ccccc1NC(=O)CN1C(=O)COc2ccc(C=O)cc21. The zero-order chi connectivity index (χ0) is 18.5. The van der Waals surface area contributed by atoms with Crippen LogP contribution in [-0.2, 0) is 9.59 Å². The summed E-state index contributed by atoms with van der Waals surface area (Å²) in [6.07, 6.45) is 0.677. The van der Waals surface area contributed by atoms with Gasteiger partial charge in [-0.05, 0) is 37.3 Å². The lowest BCUT2D eigenvalue weighted by molar-refractivity contribution is -0.123. The molecule has 0 aromatic heterocycles. The van der Waals surface area contributed by atoms with Crippen LogP contribution in [0.1, 0.15) is 17.3 Å². The van der Waals surface area contributed by atoms with Gasteiger partial charge in [-0.1, -0.05) is 12.1 Å². The Bertz CT molecular complexity index is 850. The van der Waals surface area contributed by atoms with E-state index in [4.69, 9.17) is 9.47 Å². The van der Waals surface area contributed by atoms with Crippen LogP contribution in [0.2, 0.25) is 0 Å². The minimum atomic E-state index is -0.380. The van der Waals surface area contributed by atoms with Gasteiger partial charge in [-0.3, -0.25) is 19.3 Å². The van der Waals surface area contributed by atoms with E-state index in [0.29, 0.717) is 41.3 Å². The van der Waals surface area contributed by atoms with Crippen molar-refractivity contribution in [1.82, 2.24) is 0 Å². The van der Waals surface area contributed by atoms with Crippen molar-refractivity contribution in [2.24, 2.45) is 0 Å². The lowest BCUT2D eigenvalue weighted by Crippen LogP contribution is -2.43. The van der Waals surface area contributed by atoms with Gasteiger partial charge in [0, 0.05) is 5.56 Å². The largest absolute Gasteiger partial charge is 0.492 e. The molecule has 0 atom stereocenters. The summed E-state index contributed by atoms with van der Waals surface area (Å²) in [5.41, 5.74) is 1.33. The second-order valence-electron chi connectivity index (χ2n) is 5.59. The maximum Gasteiger partial charge on any atom is 0.265 e. The quantitative estimate of drug-likeness (QED) is 0.805. The van der Waals surface area contributed by atoms with Gasteiger partial charge < -0.3 is 14.8 Å². The van der Waals surface area contributed by atoms with E-state index in [0.717, 1.165) is 0 Å². The predicted molar refractivity (Wildman–Crippen MR) is 95.9 cm³/mol. The van der Waals surface area contributed by atoms with Crippen LogP contribution < -0.4 is 19.7 Å². The average Bonchev–Trinajstić information content (AvgIpc) is 2.65. The normalized spacial score (nSPS) is 12.8. The highest BCUT2D eigenvalue weighted by Crippen LogP contribution is 2.32. The summed E-state index contributed by atoms with van der Waals surface area (Å²) in [5, 5.41) is 2.75. The van der Waals surface area contributed by atoms with E-state index in [1.54, 1.807) is 30.3 Å². The summed E-state index contributed by atoms with van der Waals surface area (Å²) in [5.74, 6) is 0.279. The van der Waals surface area contributed by atoms with Crippen molar-refractivity contribution in [3.63, 3.8) is 0 Å². The second-order valence-corrected chi connectivity index (χ2v) is 5.59. The molecule has 0 spiro atoms. The summed E-state index contributed by atoms with van der Waals surface area (Å²) >= 11 is 0. The number of benzene rings is 2. The fourth-order valence-corrected chi connectivity index (χ4v) is 2.65. The van der Waals surface area contributed by atoms with Crippen LogP contribution in [0, 0.1) is 0 Å². The number of fused-ring (bicyclic) bond motifs is 1. The molecule has 2 aromatic carbocycles. The summed E-state index contributed by atoms with van der Waals surface area (Å²) < 4.78 is 10.8. The van der Waals surface area contributed by atoms with Crippen LogP contribution in [0.25, 0.3) is 0 Å². The molecular formula is C19H18N2O5. The Morgan fingerprint density at radius 1 is 1.31 bits per heavy atom. The molecule has 1 heterocycles. The van der Waals surface area contributed by atoms with Gasteiger partial charge in [0.05, 0.1) is 18.0 Å². The molecule has 1 aliphatic rings. The van der Waals surface area contributed by atoms with Gasteiger partial charge in [-0.25, -0.2) is 0 Å². The first kappa shape index (κ1) is 17.5. The average molecular weight is 354 g/mol. The molecule has 0 saturated heterocycles. The number of nitrogens with one attached hydrogen (secondary N) is 1. The van der Waals surface area contributed by atoms with E-state index in [1.165, 1.54) is 11.0 Å².